The van der Waals surface area contributed by atoms with Gasteiger partial charge in [-0.1, -0.05) is 0 Å². The first kappa shape index (κ1) is 14.1. The Bertz CT molecular complexity index is 488. The maximum Gasteiger partial charge on any atom is 0.325 e. The quantitative estimate of drug-likeness (QED) is 0.771. The highest BCUT2D eigenvalue weighted by molar-refractivity contribution is 5.96. The topological polar surface area (TPSA) is 46.6 Å². The van der Waals surface area contributed by atoms with Gasteiger partial charge in [0.15, 0.2) is 0 Å². The summed E-state index contributed by atoms with van der Waals surface area (Å²) in [5.74, 6) is -3.01. The number of carbonyl (C=O) groups is 2. The van der Waals surface area contributed by atoms with Gasteiger partial charge >= 0.3 is 5.97 Å². The van der Waals surface area contributed by atoms with Crippen molar-refractivity contribution in [3.8, 4) is 0 Å². The Labute approximate surface area is 103 Å². The Kier molecular flexibility index (Phi) is 4.36. The zero-order valence-electron chi connectivity index (χ0n) is 10.3. The molecule has 0 radical (unpaired) electrons. The van der Waals surface area contributed by atoms with Crippen molar-refractivity contribution >= 4 is 11.9 Å². The lowest BCUT2D eigenvalue weighted by Gasteiger charge is -2.16. The van der Waals surface area contributed by atoms with Gasteiger partial charge in [-0.05, 0) is 18.6 Å². The number of likely N-dealkylation sites (N-methyl/N-ethyl adjacent to an activating group) is 1. The van der Waals surface area contributed by atoms with Crippen LogP contribution in [0.25, 0.3) is 0 Å². The fourth-order valence-electron chi connectivity index (χ4n) is 1.36. The lowest BCUT2D eigenvalue weighted by molar-refractivity contribution is -0.141. The molecule has 1 amide bonds. The fraction of sp³-hybridized carbons (Fsp3) is 0.333. The minimum Gasteiger partial charge on any atom is -0.468 e. The number of hydrogen-bond donors (Lipinski definition) is 0. The van der Waals surface area contributed by atoms with E-state index in [0.717, 1.165) is 11.0 Å². The molecule has 0 atom stereocenters. The molecule has 0 bridgehead atoms. The van der Waals surface area contributed by atoms with Crippen molar-refractivity contribution in [2.45, 2.75) is 6.92 Å². The summed E-state index contributed by atoms with van der Waals surface area (Å²) in [6.07, 6.45) is 0. The number of hydrogen-bond acceptors (Lipinski definition) is 3. The molecular formula is C12H13F2NO3. The van der Waals surface area contributed by atoms with E-state index in [0.29, 0.717) is 6.07 Å². The van der Waals surface area contributed by atoms with Gasteiger partial charge in [-0.3, -0.25) is 9.59 Å². The summed E-state index contributed by atoms with van der Waals surface area (Å²) in [5, 5.41) is 0. The first-order valence-electron chi connectivity index (χ1n) is 5.14. The number of amides is 1. The molecule has 1 aromatic rings. The summed E-state index contributed by atoms with van der Waals surface area (Å²) < 4.78 is 30.9. The van der Waals surface area contributed by atoms with E-state index < -0.39 is 23.5 Å². The number of rotatable bonds is 3. The van der Waals surface area contributed by atoms with Crippen molar-refractivity contribution in [1.29, 1.82) is 0 Å². The maximum atomic E-state index is 13.5. The lowest BCUT2D eigenvalue weighted by atomic mass is 10.1. The highest BCUT2D eigenvalue weighted by Crippen LogP contribution is 2.15. The van der Waals surface area contributed by atoms with Crippen LogP contribution in [0.4, 0.5) is 8.78 Å². The van der Waals surface area contributed by atoms with Crippen LogP contribution in [-0.4, -0.2) is 37.5 Å². The Morgan fingerprint density at radius 1 is 1.28 bits per heavy atom. The van der Waals surface area contributed by atoms with Crippen LogP contribution in [0, 0.1) is 18.6 Å². The van der Waals surface area contributed by atoms with E-state index in [9.17, 15) is 18.4 Å². The Morgan fingerprint density at radius 3 is 2.44 bits per heavy atom. The number of aryl methyl sites for hydroxylation is 1. The predicted octanol–water partition coefficient (Wildman–Crippen LogP) is 1.52. The molecule has 98 valence electrons. The van der Waals surface area contributed by atoms with Crippen molar-refractivity contribution in [1.82, 2.24) is 4.90 Å². The third kappa shape index (κ3) is 3.03. The van der Waals surface area contributed by atoms with Gasteiger partial charge in [-0.2, -0.15) is 0 Å². The van der Waals surface area contributed by atoms with Crippen LogP contribution in [0.1, 0.15) is 15.9 Å². The van der Waals surface area contributed by atoms with E-state index in [1.54, 1.807) is 0 Å². The minimum atomic E-state index is -0.959. The van der Waals surface area contributed by atoms with Crippen LogP contribution in [0.15, 0.2) is 12.1 Å². The highest BCUT2D eigenvalue weighted by atomic mass is 19.1. The van der Waals surface area contributed by atoms with Crippen LogP contribution in [-0.2, 0) is 9.53 Å². The number of ether oxygens (including phenoxy) is 1. The Hall–Kier alpha value is -1.98. The molecule has 0 spiro atoms. The smallest absolute Gasteiger partial charge is 0.325 e. The van der Waals surface area contributed by atoms with Gasteiger partial charge in [0.25, 0.3) is 5.91 Å². The second kappa shape index (κ2) is 5.57. The van der Waals surface area contributed by atoms with Gasteiger partial charge in [-0.25, -0.2) is 8.78 Å². The molecule has 0 saturated carbocycles. The zero-order valence-corrected chi connectivity index (χ0v) is 10.3. The third-order valence-electron chi connectivity index (χ3n) is 2.42. The average molecular weight is 257 g/mol. The predicted molar refractivity (Wildman–Crippen MR) is 60.1 cm³/mol. The van der Waals surface area contributed by atoms with Gasteiger partial charge in [-0.15, -0.1) is 0 Å². The Balaban J connectivity index is 2.97. The third-order valence-corrected chi connectivity index (χ3v) is 2.42. The molecule has 1 rings (SSSR count). The molecule has 0 saturated heterocycles. The molecule has 18 heavy (non-hydrogen) atoms. The van der Waals surface area contributed by atoms with E-state index in [1.165, 1.54) is 21.1 Å². The highest BCUT2D eigenvalue weighted by Gasteiger charge is 2.20. The summed E-state index contributed by atoms with van der Waals surface area (Å²) >= 11 is 0. The number of nitrogens with zero attached hydrogens (tertiary/aromatic N) is 1. The van der Waals surface area contributed by atoms with Crippen LogP contribution >= 0.6 is 0 Å². The Morgan fingerprint density at radius 2 is 1.89 bits per heavy atom. The second-order valence-electron chi connectivity index (χ2n) is 3.82. The second-order valence-corrected chi connectivity index (χ2v) is 3.82. The lowest BCUT2D eigenvalue weighted by Crippen LogP contribution is -2.33. The first-order valence-corrected chi connectivity index (χ1v) is 5.14. The number of halogens is 2. The van der Waals surface area contributed by atoms with Gasteiger partial charge in [0.1, 0.15) is 18.2 Å². The minimum absolute atomic E-state index is 0.159. The molecule has 0 unspecified atom stereocenters. The van der Waals surface area contributed by atoms with E-state index in [2.05, 4.69) is 4.74 Å². The molecule has 0 N–H and O–H groups in total. The average Bonchev–Trinajstić information content (AvgIpc) is 2.32. The van der Waals surface area contributed by atoms with Crippen LogP contribution in [0.2, 0.25) is 0 Å². The number of benzene rings is 1. The normalized spacial score (nSPS) is 10.1. The number of methoxy groups -OCH3 is 1. The van der Waals surface area contributed by atoms with Crippen LogP contribution in [0.3, 0.4) is 0 Å². The maximum absolute atomic E-state index is 13.5. The molecule has 6 heteroatoms. The van der Waals surface area contributed by atoms with E-state index in [1.807, 2.05) is 0 Å². The van der Waals surface area contributed by atoms with Gasteiger partial charge < -0.3 is 9.64 Å². The van der Waals surface area contributed by atoms with Gasteiger partial charge in [0.2, 0.25) is 0 Å². The molecule has 0 aliphatic carbocycles. The molecule has 0 fully saturated rings. The molecule has 1 aromatic carbocycles. The zero-order chi connectivity index (χ0) is 13.9. The SMILES string of the molecule is COC(=O)CN(C)C(=O)c1cc(C)c(F)cc1F. The largest absolute Gasteiger partial charge is 0.468 e. The molecule has 0 aliphatic heterocycles. The standard InChI is InChI=1S/C12H13F2NO3/c1-7-4-8(10(14)5-9(7)13)12(17)15(2)6-11(16)18-3/h4-5H,6H2,1-3H3. The van der Waals surface area contributed by atoms with Gasteiger partial charge in [0, 0.05) is 13.1 Å². The molecule has 4 nitrogen and oxygen atoms in total. The summed E-state index contributed by atoms with van der Waals surface area (Å²) in [5.41, 5.74) is -0.119. The number of carbonyl (C=O) groups excluding carboxylic acids is 2. The van der Waals surface area contributed by atoms with E-state index in [-0.39, 0.29) is 17.7 Å². The van der Waals surface area contributed by atoms with Crippen molar-refractivity contribution in [3.05, 3.63) is 34.9 Å². The summed E-state index contributed by atoms with van der Waals surface area (Å²) in [4.78, 5) is 23.8. The van der Waals surface area contributed by atoms with Crippen molar-refractivity contribution < 1.29 is 23.1 Å². The van der Waals surface area contributed by atoms with Crippen LogP contribution in [0.5, 0.6) is 0 Å². The van der Waals surface area contributed by atoms with Crippen molar-refractivity contribution in [3.63, 3.8) is 0 Å². The van der Waals surface area contributed by atoms with Gasteiger partial charge in [0.05, 0.1) is 12.7 Å². The summed E-state index contributed by atoms with van der Waals surface area (Å²) in [6, 6.07) is 1.76. The molecule has 0 aliphatic rings. The van der Waals surface area contributed by atoms with Crippen molar-refractivity contribution in [2.75, 3.05) is 20.7 Å². The fourth-order valence-corrected chi connectivity index (χ4v) is 1.36. The van der Waals surface area contributed by atoms with Crippen molar-refractivity contribution in [2.24, 2.45) is 0 Å². The van der Waals surface area contributed by atoms with E-state index >= 15 is 0 Å². The summed E-state index contributed by atoms with van der Waals surface area (Å²) in [7, 11) is 2.51. The van der Waals surface area contributed by atoms with E-state index in [4.69, 9.17) is 0 Å². The summed E-state index contributed by atoms with van der Waals surface area (Å²) in [6.45, 7) is 1.12. The monoisotopic (exact) mass is 257 g/mol. The molecule has 0 aromatic heterocycles. The number of esters is 1. The molecular weight excluding hydrogens is 244 g/mol. The van der Waals surface area contributed by atoms with Crippen LogP contribution < -0.4 is 0 Å². The molecule has 0 heterocycles. The first-order chi connectivity index (χ1) is 8.36.